The van der Waals surface area contributed by atoms with Gasteiger partial charge in [-0.1, -0.05) is 6.92 Å². The molecule has 0 N–H and O–H groups in total. The molecule has 0 fully saturated rings. The number of hydrogen-bond acceptors (Lipinski definition) is 4. The molecule has 0 aromatic heterocycles. The van der Waals surface area contributed by atoms with Crippen molar-refractivity contribution < 1.29 is 19.1 Å². The van der Waals surface area contributed by atoms with Gasteiger partial charge in [-0.15, -0.1) is 0 Å². The van der Waals surface area contributed by atoms with E-state index in [1.807, 2.05) is 0 Å². The fourth-order valence-electron chi connectivity index (χ4n) is 0.862. The number of ether oxygens (including phenoxy) is 2. The van der Waals surface area contributed by atoms with Crippen LogP contribution < -0.4 is 0 Å². The van der Waals surface area contributed by atoms with Crippen molar-refractivity contribution in [3.05, 3.63) is 11.8 Å². The Balaban J connectivity index is 4.63. The van der Waals surface area contributed by atoms with Crippen molar-refractivity contribution in [2.24, 2.45) is 0 Å². The highest BCUT2D eigenvalue weighted by Crippen LogP contribution is 2.05. The molecule has 4 nitrogen and oxygen atoms in total. The van der Waals surface area contributed by atoms with E-state index in [1.54, 1.807) is 27.7 Å². The molecule has 15 heavy (non-hydrogen) atoms. The summed E-state index contributed by atoms with van der Waals surface area (Å²) in [5, 5.41) is 0. The van der Waals surface area contributed by atoms with Crippen LogP contribution in [0.1, 0.15) is 34.1 Å². The van der Waals surface area contributed by atoms with Crippen molar-refractivity contribution >= 4 is 11.8 Å². The molecular weight excluding hydrogens is 196 g/mol. The molecule has 0 amide bonds. The Labute approximate surface area is 90.2 Å². The summed E-state index contributed by atoms with van der Waals surface area (Å²) in [6.45, 7) is 7.33. The van der Waals surface area contributed by atoms with Crippen LogP contribution in [0.5, 0.6) is 0 Å². The van der Waals surface area contributed by atoms with Crippen LogP contribution in [0.4, 0.5) is 0 Å². The number of hydrogen-bond donors (Lipinski definition) is 0. The molecule has 0 atom stereocenters. The van der Waals surface area contributed by atoms with Gasteiger partial charge in [-0.2, -0.15) is 0 Å². The predicted molar refractivity (Wildman–Crippen MR) is 56.2 cm³/mol. The van der Waals surface area contributed by atoms with Crippen molar-refractivity contribution in [1.29, 1.82) is 0 Å². The summed E-state index contributed by atoms with van der Waals surface area (Å²) in [5.41, 5.74) is -0.0203. The minimum absolute atomic E-state index is 0.0203. The van der Waals surface area contributed by atoms with Crippen LogP contribution >= 0.6 is 0 Å². The first kappa shape index (κ1) is 13.7. The van der Waals surface area contributed by atoms with E-state index in [4.69, 9.17) is 9.47 Å². The maximum atomic E-state index is 11.5. The fraction of sp³-hybridized carbons (Fsp3) is 0.636. The van der Waals surface area contributed by atoms with Gasteiger partial charge in [-0.3, -0.25) is 4.79 Å². The minimum atomic E-state index is -0.620. The van der Waals surface area contributed by atoms with E-state index < -0.39 is 5.97 Å². The highest BCUT2D eigenvalue weighted by molar-refractivity contribution is 6.16. The SMILES string of the molecule is CCOC=C(C(=O)CC)C(=O)OC(C)C. The van der Waals surface area contributed by atoms with Crippen molar-refractivity contribution in [2.75, 3.05) is 6.61 Å². The first-order valence-electron chi connectivity index (χ1n) is 5.08. The zero-order chi connectivity index (χ0) is 11.8. The fourth-order valence-corrected chi connectivity index (χ4v) is 0.862. The Kier molecular flexibility index (Phi) is 6.42. The van der Waals surface area contributed by atoms with E-state index in [2.05, 4.69) is 0 Å². The van der Waals surface area contributed by atoms with E-state index >= 15 is 0 Å². The maximum absolute atomic E-state index is 11.5. The van der Waals surface area contributed by atoms with E-state index in [9.17, 15) is 9.59 Å². The molecule has 0 unspecified atom stereocenters. The lowest BCUT2D eigenvalue weighted by atomic mass is 10.1. The summed E-state index contributed by atoms with van der Waals surface area (Å²) in [5.74, 6) is -0.889. The maximum Gasteiger partial charge on any atom is 0.345 e. The second-order valence-electron chi connectivity index (χ2n) is 3.22. The van der Waals surface area contributed by atoms with Gasteiger partial charge in [0, 0.05) is 6.42 Å². The lowest BCUT2D eigenvalue weighted by Gasteiger charge is -2.09. The first-order valence-corrected chi connectivity index (χ1v) is 5.08. The van der Waals surface area contributed by atoms with Crippen molar-refractivity contribution in [2.45, 2.75) is 40.2 Å². The topological polar surface area (TPSA) is 52.6 Å². The molecule has 0 aromatic carbocycles. The second kappa shape index (κ2) is 7.04. The Morgan fingerprint density at radius 3 is 2.27 bits per heavy atom. The smallest absolute Gasteiger partial charge is 0.345 e. The molecular formula is C11H18O4. The zero-order valence-electron chi connectivity index (χ0n) is 9.70. The number of rotatable bonds is 6. The quantitative estimate of drug-likeness (QED) is 0.222. The van der Waals surface area contributed by atoms with Gasteiger partial charge in [0.15, 0.2) is 5.78 Å². The summed E-state index contributed by atoms with van der Waals surface area (Å²) >= 11 is 0. The van der Waals surface area contributed by atoms with Crippen molar-refractivity contribution in [3.8, 4) is 0 Å². The molecule has 0 aliphatic heterocycles. The van der Waals surface area contributed by atoms with Gasteiger partial charge < -0.3 is 9.47 Å². The van der Waals surface area contributed by atoms with Crippen LogP contribution in [0.3, 0.4) is 0 Å². The zero-order valence-corrected chi connectivity index (χ0v) is 9.70. The van der Waals surface area contributed by atoms with Gasteiger partial charge in [0.1, 0.15) is 11.8 Å². The summed E-state index contributed by atoms with van der Waals surface area (Å²) in [6, 6.07) is 0. The lowest BCUT2D eigenvalue weighted by molar-refractivity contribution is -0.144. The molecule has 0 aliphatic carbocycles. The molecule has 4 heteroatoms. The molecule has 0 aliphatic rings. The number of ketones is 1. The van der Waals surface area contributed by atoms with Crippen LogP contribution in [0.25, 0.3) is 0 Å². The normalized spacial score (nSPS) is 11.4. The summed E-state index contributed by atoms with van der Waals surface area (Å²) in [7, 11) is 0. The molecule has 0 saturated heterocycles. The van der Waals surface area contributed by atoms with Crippen LogP contribution in [-0.4, -0.2) is 24.5 Å². The Morgan fingerprint density at radius 1 is 1.27 bits per heavy atom. The lowest BCUT2D eigenvalue weighted by Crippen LogP contribution is -2.19. The van der Waals surface area contributed by atoms with Crippen LogP contribution in [-0.2, 0) is 19.1 Å². The monoisotopic (exact) mass is 214 g/mol. The minimum Gasteiger partial charge on any atom is -0.500 e. The van der Waals surface area contributed by atoms with Gasteiger partial charge in [0.25, 0.3) is 0 Å². The van der Waals surface area contributed by atoms with Crippen molar-refractivity contribution in [3.63, 3.8) is 0 Å². The van der Waals surface area contributed by atoms with Gasteiger partial charge in [-0.25, -0.2) is 4.79 Å². The molecule has 86 valence electrons. The Hall–Kier alpha value is -1.32. The summed E-state index contributed by atoms with van der Waals surface area (Å²) in [4.78, 5) is 22.9. The molecule has 0 radical (unpaired) electrons. The van der Waals surface area contributed by atoms with Crippen LogP contribution in [0.15, 0.2) is 11.8 Å². The van der Waals surface area contributed by atoms with Gasteiger partial charge in [-0.05, 0) is 20.8 Å². The van der Waals surface area contributed by atoms with E-state index in [0.717, 1.165) is 0 Å². The second-order valence-corrected chi connectivity index (χ2v) is 3.22. The molecule has 0 heterocycles. The van der Waals surface area contributed by atoms with Crippen LogP contribution in [0.2, 0.25) is 0 Å². The number of carbonyl (C=O) groups is 2. The van der Waals surface area contributed by atoms with Gasteiger partial charge in [0.05, 0.1) is 12.7 Å². The predicted octanol–water partition coefficient (Wildman–Crippen LogP) is 1.84. The molecule has 0 bridgehead atoms. The number of esters is 1. The third kappa shape index (κ3) is 5.20. The largest absolute Gasteiger partial charge is 0.500 e. The number of Topliss-reactive ketones (excluding diaryl/α,β-unsaturated/α-hetero) is 1. The molecule has 0 rings (SSSR count). The molecule has 0 spiro atoms. The number of carbonyl (C=O) groups excluding carboxylic acids is 2. The molecule has 0 saturated carbocycles. The van der Waals surface area contributed by atoms with Gasteiger partial charge >= 0.3 is 5.97 Å². The van der Waals surface area contributed by atoms with Gasteiger partial charge in [0.2, 0.25) is 0 Å². The van der Waals surface area contributed by atoms with E-state index in [-0.39, 0.29) is 23.9 Å². The average molecular weight is 214 g/mol. The first-order chi connectivity index (χ1) is 7.02. The Bertz CT molecular complexity index is 253. The van der Waals surface area contributed by atoms with E-state index in [0.29, 0.717) is 6.61 Å². The van der Waals surface area contributed by atoms with Crippen molar-refractivity contribution in [1.82, 2.24) is 0 Å². The summed E-state index contributed by atoms with van der Waals surface area (Å²) in [6.07, 6.45) is 1.19. The standard InChI is InChI=1S/C11H18O4/c1-5-10(12)9(7-14-6-2)11(13)15-8(3)4/h7-8H,5-6H2,1-4H3. The third-order valence-corrected chi connectivity index (χ3v) is 1.55. The highest BCUT2D eigenvalue weighted by atomic mass is 16.5. The van der Waals surface area contributed by atoms with Crippen LogP contribution in [0, 0.1) is 0 Å². The molecule has 0 aromatic rings. The highest BCUT2D eigenvalue weighted by Gasteiger charge is 2.19. The Morgan fingerprint density at radius 2 is 1.87 bits per heavy atom. The summed E-state index contributed by atoms with van der Waals surface area (Å²) < 4.78 is 9.86. The third-order valence-electron chi connectivity index (χ3n) is 1.55. The van der Waals surface area contributed by atoms with E-state index in [1.165, 1.54) is 6.26 Å². The average Bonchev–Trinajstić information content (AvgIpc) is 2.16.